The molecular formula is C13H8F4N2O2. The smallest absolute Gasteiger partial charge is 0.330 e. The maximum atomic E-state index is 13.5. The Hall–Kier alpha value is -2.64. The number of nitrogens with one attached hydrogen (secondary N) is 1. The topological polar surface area (TPSA) is 62.2 Å². The standard InChI is InChI=1S/C13H8F4N2O2/c14-7-10(8(15)12(17)19-11(7)16)18-9(13(20)21)6-4-2-1-3-5-6/h1-5,9H,(H,18,19)(H,20,21). The largest absolute Gasteiger partial charge is 0.479 e. The molecule has 2 aromatic rings. The van der Waals surface area contributed by atoms with Gasteiger partial charge in [-0.05, 0) is 5.56 Å². The first-order valence-electron chi connectivity index (χ1n) is 5.66. The van der Waals surface area contributed by atoms with Crippen LogP contribution in [0.4, 0.5) is 23.2 Å². The van der Waals surface area contributed by atoms with Crippen LogP contribution in [0, 0.1) is 23.5 Å². The minimum Gasteiger partial charge on any atom is -0.479 e. The molecule has 0 fully saturated rings. The molecule has 0 amide bonds. The predicted octanol–water partition coefficient (Wildman–Crippen LogP) is 2.88. The molecule has 21 heavy (non-hydrogen) atoms. The van der Waals surface area contributed by atoms with Crippen molar-refractivity contribution in [2.45, 2.75) is 6.04 Å². The lowest BCUT2D eigenvalue weighted by Crippen LogP contribution is -2.22. The second-order valence-corrected chi connectivity index (χ2v) is 4.02. The minimum atomic E-state index is -1.87. The van der Waals surface area contributed by atoms with Crippen molar-refractivity contribution in [1.82, 2.24) is 4.98 Å². The van der Waals surface area contributed by atoms with Crippen LogP contribution in [0.5, 0.6) is 0 Å². The van der Waals surface area contributed by atoms with Crippen molar-refractivity contribution in [1.29, 1.82) is 0 Å². The van der Waals surface area contributed by atoms with E-state index in [2.05, 4.69) is 4.98 Å². The summed E-state index contributed by atoms with van der Waals surface area (Å²) in [6, 6.07) is 5.80. The number of nitrogens with zero attached hydrogens (tertiary/aromatic N) is 1. The number of halogens is 4. The predicted molar refractivity (Wildman–Crippen MR) is 64.5 cm³/mol. The van der Waals surface area contributed by atoms with Crippen LogP contribution in [0.25, 0.3) is 0 Å². The van der Waals surface area contributed by atoms with Crippen LogP contribution in [-0.4, -0.2) is 16.1 Å². The molecule has 8 heteroatoms. The average molecular weight is 300 g/mol. The van der Waals surface area contributed by atoms with Crippen molar-refractivity contribution >= 4 is 11.7 Å². The zero-order valence-corrected chi connectivity index (χ0v) is 10.3. The van der Waals surface area contributed by atoms with Crippen LogP contribution in [0.15, 0.2) is 30.3 Å². The Balaban J connectivity index is 2.46. The molecule has 0 bridgehead atoms. The highest BCUT2D eigenvalue weighted by Gasteiger charge is 2.26. The zero-order chi connectivity index (χ0) is 15.6. The molecule has 0 aliphatic carbocycles. The van der Waals surface area contributed by atoms with Gasteiger partial charge in [0.05, 0.1) is 0 Å². The van der Waals surface area contributed by atoms with Gasteiger partial charge >= 0.3 is 5.97 Å². The first kappa shape index (κ1) is 14.8. The van der Waals surface area contributed by atoms with Crippen LogP contribution < -0.4 is 5.32 Å². The van der Waals surface area contributed by atoms with E-state index in [1.165, 1.54) is 24.3 Å². The molecule has 1 unspecified atom stereocenters. The maximum Gasteiger partial charge on any atom is 0.330 e. The fraction of sp³-hybridized carbons (Fsp3) is 0.0769. The SMILES string of the molecule is O=C(O)C(Nc1c(F)c(F)nc(F)c1F)c1ccccc1. The molecule has 1 aromatic carbocycles. The summed E-state index contributed by atoms with van der Waals surface area (Å²) in [5.74, 6) is -8.80. The minimum absolute atomic E-state index is 0.154. The number of carbonyl (C=O) groups is 1. The highest BCUT2D eigenvalue weighted by molar-refractivity contribution is 5.79. The molecule has 0 aliphatic heterocycles. The number of aromatic nitrogens is 1. The van der Waals surface area contributed by atoms with Gasteiger partial charge in [0, 0.05) is 0 Å². The first-order valence-corrected chi connectivity index (χ1v) is 5.66. The lowest BCUT2D eigenvalue weighted by molar-refractivity contribution is -0.138. The first-order chi connectivity index (χ1) is 9.91. The Bertz CT molecular complexity index is 653. The lowest BCUT2D eigenvalue weighted by Gasteiger charge is -2.17. The molecule has 0 spiro atoms. The molecule has 4 nitrogen and oxygen atoms in total. The van der Waals surface area contributed by atoms with E-state index in [0.717, 1.165) is 0 Å². The molecular weight excluding hydrogens is 292 g/mol. The van der Waals surface area contributed by atoms with Gasteiger partial charge in [-0.15, -0.1) is 0 Å². The molecule has 0 radical (unpaired) electrons. The van der Waals surface area contributed by atoms with Crippen molar-refractivity contribution in [3.05, 3.63) is 59.4 Å². The summed E-state index contributed by atoms with van der Waals surface area (Å²) in [7, 11) is 0. The second kappa shape index (κ2) is 5.78. The van der Waals surface area contributed by atoms with Gasteiger partial charge in [-0.2, -0.15) is 22.5 Å². The van der Waals surface area contributed by atoms with E-state index in [1.54, 1.807) is 6.07 Å². The summed E-state index contributed by atoms with van der Waals surface area (Å²) >= 11 is 0. The third-order valence-corrected chi connectivity index (χ3v) is 2.67. The van der Waals surface area contributed by atoms with E-state index in [0.29, 0.717) is 0 Å². The molecule has 110 valence electrons. The molecule has 1 aromatic heterocycles. The van der Waals surface area contributed by atoms with Crippen molar-refractivity contribution in [2.24, 2.45) is 0 Å². The van der Waals surface area contributed by atoms with Crippen LogP contribution in [-0.2, 0) is 4.79 Å². The number of rotatable bonds is 4. The number of carboxylic acids is 1. The monoisotopic (exact) mass is 300 g/mol. The van der Waals surface area contributed by atoms with Gasteiger partial charge in [0.1, 0.15) is 5.69 Å². The van der Waals surface area contributed by atoms with Crippen LogP contribution in [0.1, 0.15) is 11.6 Å². The highest BCUT2D eigenvalue weighted by Crippen LogP contribution is 2.27. The number of anilines is 1. The summed E-state index contributed by atoms with van der Waals surface area (Å²) in [6.07, 6.45) is 0. The lowest BCUT2D eigenvalue weighted by atomic mass is 10.1. The van der Waals surface area contributed by atoms with E-state index >= 15 is 0 Å². The van der Waals surface area contributed by atoms with Crippen molar-refractivity contribution in [3.8, 4) is 0 Å². The van der Waals surface area contributed by atoms with Gasteiger partial charge < -0.3 is 10.4 Å². The average Bonchev–Trinajstić information content (AvgIpc) is 2.46. The van der Waals surface area contributed by atoms with Gasteiger partial charge in [0.25, 0.3) is 11.9 Å². The van der Waals surface area contributed by atoms with E-state index in [9.17, 15) is 22.4 Å². The number of benzene rings is 1. The fourth-order valence-corrected chi connectivity index (χ4v) is 1.69. The molecule has 2 rings (SSSR count). The third kappa shape index (κ3) is 2.93. The second-order valence-electron chi connectivity index (χ2n) is 4.02. The summed E-state index contributed by atoms with van der Waals surface area (Å²) in [5, 5.41) is 11.0. The van der Waals surface area contributed by atoms with Gasteiger partial charge in [0.2, 0.25) is 11.6 Å². The van der Waals surface area contributed by atoms with Crippen molar-refractivity contribution in [3.63, 3.8) is 0 Å². The number of hydrogen-bond acceptors (Lipinski definition) is 3. The van der Waals surface area contributed by atoms with Crippen LogP contribution in [0.3, 0.4) is 0 Å². The fourth-order valence-electron chi connectivity index (χ4n) is 1.69. The quantitative estimate of drug-likeness (QED) is 0.673. The van der Waals surface area contributed by atoms with Crippen LogP contribution in [0.2, 0.25) is 0 Å². The highest BCUT2D eigenvalue weighted by atomic mass is 19.2. The number of carboxylic acid groups (broad SMARTS) is 1. The Morgan fingerprint density at radius 2 is 1.57 bits per heavy atom. The van der Waals surface area contributed by atoms with E-state index in [4.69, 9.17) is 5.11 Å². The maximum absolute atomic E-state index is 13.5. The van der Waals surface area contributed by atoms with Gasteiger partial charge in [-0.1, -0.05) is 30.3 Å². The molecule has 1 atom stereocenters. The van der Waals surface area contributed by atoms with E-state index in [-0.39, 0.29) is 5.56 Å². The summed E-state index contributed by atoms with van der Waals surface area (Å²) < 4.78 is 53.0. The molecule has 0 aliphatic rings. The van der Waals surface area contributed by atoms with Crippen molar-refractivity contribution < 1.29 is 27.5 Å². The Kier molecular flexibility index (Phi) is 4.06. The summed E-state index contributed by atoms with van der Waals surface area (Å²) in [6.45, 7) is 0. The van der Waals surface area contributed by atoms with Crippen LogP contribution >= 0.6 is 0 Å². The Morgan fingerprint density at radius 3 is 2.05 bits per heavy atom. The molecule has 2 N–H and O–H groups in total. The molecule has 0 saturated carbocycles. The number of pyridine rings is 1. The normalized spacial score (nSPS) is 12.0. The molecule has 0 saturated heterocycles. The number of hydrogen-bond donors (Lipinski definition) is 2. The summed E-state index contributed by atoms with van der Waals surface area (Å²) in [4.78, 5) is 13.6. The van der Waals surface area contributed by atoms with Gasteiger partial charge in [-0.25, -0.2) is 4.79 Å². The Labute approximate surface area is 116 Å². The number of aliphatic carboxylic acids is 1. The van der Waals surface area contributed by atoms with Crippen molar-refractivity contribution in [2.75, 3.05) is 5.32 Å². The summed E-state index contributed by atoms with van der Waals surface area (Å²) in [5.41, 5.74) is -1.07. The third-order valence-electron chi connectivity index (χ3n) is 2.67. The van der Waals surface area contributed by atoms with E-state index < -0.39 is 41.2 Å². The Morgan fingerprint density at radius 1 is 1.05 bits per heavy atom. The van der Waals surface area contributed by atoms with E-state index in [1.807, 2.05) is 5.32 Å². The molecule has 1 heterocycles. The zero-order valence-electron chi connectivity index (χ0n) is 10.3. The van der Waals surface area contributed by atoms with Gasteiger partial charge in [-0.3, -0.25) is 0 Å². The van der Waals surface area contributed by atoms with Gasteiger partial charge in [0.15, 0.2) is 6.04 Å².